The zero-order chi connectivity index (χ0) is 17.0. The lowest BCUT2D eigenvalue weighted by Crippen LogP contribution is -2.39. The van der Waals surface area contributed by atoms with E-state index in [9.17, 15) is 0 Å². The average Bonchev–Trinajstić information content (AvgIpc) is 2.95. The third-order valence-electron chi connectivity index (χ3n) is 4.52. The summed E-state index contributed by atoms with van der Waals surface area (Å²) in [4.78, 5) is 4.67. The van der Waals surface area contributed by atoms with Crippen molar-refractivity contribution >= 4 is 0 Å². The smallest absolute Gasteiger partial charge is 0.226 e. The van der Waals surface area contributed by atoms with Crippen LogP contribution in [0.25, 0.3) is 11.5 Å². The van der Waals surface area contributed by atoms with E-state index in [4.69, 9.17) is 13.9 Å². The monoisotopic (exact) mass is 329 g/mol. The second kappa shape index (κ2) is 7.49. The summed E-state index contributed by atoms with van der Waals surface area (Å²) in [5.74, 6) is 1.75. The van der Waals surface area contributed by atoms with Crippen LogP contribution >= 0.6 is 0 Å². The molecule has 1 fully saturated rings. The zero-order valence-corrected chi connectivity index (χ0v) is 14.9. The van der Waals surface area contributed by atoms with Crippen molar-refractivity contribution in [3.8, 4) is 11.5 Å². The predicted molar refractivity (Wildman–Crippen MR) is 93.7 cm³/mol. The SMILES string of the molecule is Cc1oc(-c2ccccc2)nc1CCCCC1COC(C)(C)OC1. The summed E-state index contributed by atoms with van der Waals surface area (Å²) in [5.41, 5.74) is 2.11. The number of ether oxygens (including phenoxy) is 2. The molecule has 0 N–H and O–H groups in total. The van der Waals surface area contributed by atoms with E-state index in [-0.39, 0.29) is 0 Å². The number of hydrogen-bond donors (Lipinski definition) is 0. The number of rotatable bonds is 6. The van der Waals surface area contributed by atoms with Gasteiger partial charge in [0.25, 0.3) is 0 Å². The largest absolute Gasteiger partial charge is 0.441 e. The second-order valence-electron chi connectivity index (χ2n) is 7.02. The topological polar surface area (TPSA) is 44.5 Å². The molecule has 1 saturated heterocycles. The highest BCUT2D eigenvalue weighted by Gasteiger charge is 2.27. The number of aromatic nitrogens is 1. The fourth-order valence-electron chi connectivity index (χ4n) is 2.98. The van der Waals surface area contributed by atoms with Crippen LogP contribution in [0.2, 0.25) is 0 Å². The molecule has 2 heterocycles. The van der Waals surface area contributed by atoms with E-state index < -0.39 is 5.79 Å². The van der Waals surface area contributed by atoms with Gasteiger partial charge in [-0.2, -0.15) is 0 Å². The Labute approximate surface area is 144 Å². The fraction of sp³-hybridized carbons (Fsp3) is 0.550. The fourth-order valence-corrected chi connectivity index (χ4v) is 2.98. The van der Waals surface area contributed by atoms with Gasteiger partial charge in [0.2, 0.25) is 5.89 Å². The van der Waals surface area contributed by atoms with Crippen LogP contribution in [-0.2, 0) is 15.9 Å². The molecule has 0 aliphatic carbocycles. The number of unbranched alkanes of at least 4 members (excludes halogenated alkanes) is 1. The first-order valence-corrected chi connectivity index (χ1v) is 8.83. The standard InChI is InChI=1S/C20H27NO3/c1-15-18(21-19(24-15)17-10-5-4-6-11-17)12-8-7-9-16-13-22-20(2,3)23-14-16/h4-6,10-11,16H,7-9,12-14H2,1-3H3. The van der Waals surface area contributed by atoms with Crippen molar-refractivity contribution < 1.29 is 13.9 Å². The van der Waals surface area contributed by atoms with Gasteiger partial charge in [-0.3, -0.25) is 0 Å². The van der Waals surface area contributed by atoms with Crippen LogP contribution < -0.4 is 0 Å². The number of nitrogens with zero attached hydrogens (tertiary/aromatic N) is 1. The van der Waals surface area contributed by atoms with Crippen molar-refractivity contribution in [3.63, 3.8) is 0 Å². The van der Waals surface area contributed by atoms with Gasteiger partial charge in [0.15, 0.2) is 5.79 Å². The molecular weight excluding hydrogens is 302 g/mol. The van der Waals surface area contributed by atoms with Gasteiger partial charge < -0.3 is 13.9 Å². The van der Waals surface area contributed by atoms with E-state index in [1.807, 2.05) is 51.1 Å². The van der Waals surface area contributed by atoms with Gasteiger partial charge in [0.05, 0.1) is 18.9 Å². The normalized spacial score (nSPS) is 18.0. The van der Waals surface area contributed by atoms with Crippen molar-refractivity contribution in [3.05, 3.63) is 41.8 Å². The van der Waals surface area contributed by atoms with Crippen LogP contribution in [0.5, 0.6) is 0 Å². The van der Waals surface area contributed by atoms with Crippen LogP contribution in [0, 0.1) is 12.8 Å². The highest BCUT2D eigenvalue weighted by Crippen LogP contribution is 2.25. The molecule has 24 heavy (non-hydrogen) atoms. The summed E-state index contributed by atoms with van der Waals surface area (Å²) < 4.78 is 17.2. The molecule has 0 saturated carbocycles. The number of oxazole rings is 1. The van der Waals surface area contributed by atoms with Gasteiger partial charge >= 0.3 is 0 Å². The zero-order valence-electron chi connectivity index (χ0n) is 14.9. The quantitative estimate of drug-likeness (QED) is 0.717. The van der Waals surface area contributed by atoms with Crippen molar-refractivity contribution in [2.45, 2.75) is 52.2 Å². The van der Waals surface area contributed by atoms with Crippen LogP contribution in [0.3, 0.4) is 0 Å². The van der Waals surface area contributed by atoms with E-state index in [1.165, 1.54) is 0 Å². The number of hydrogen-bond acceptors (Lipinski definition) is 4. The van der Waals surface area contributed by atoms with Crippen LogP contribution in [0.4, 0.5) is 0 Å². The number of aryl methyl sites for hydroxylation is 2. The van der Waals surface area contributed by atoms with Gasteiger partial charge in [0, 0.05) is 11.5 Å². The summed E-state index contributed by atoms with van der Waals surface area (Å²) in [6.45, 7) is 7.55. The molecule has 130 valence electrons. The first-order valence-electron chi connectivity index (χ1n) is 8.83. The Morgan fingerprint density at radius 3 is 2.50 bits per heavy atom. The first kappa shape index (κ1) is 17.2. The third kappa shape index (κ3) is 4.46. The minimum atomic E-state index is -0.415. The third-order valence-corrected chi connectivity index (χ3v) is 4.52. The molecule has 0 amide bonds. The molecule has 1 aliphatic rings. The van der Waals surface area contributed by atoms with E-state index in [0.717, 1.165) is 61.8 Å². The molecule has 0 unspecified atom stereocenters. The lowest BCUT2D eigenvalue weighted by Gasteiger charge is -2.35. The Balaban J connectivity index is 1.45. The maximum absolute atomic E-state index is 5.82. The summed E-state index contributed by atoms with van der Waals surface area (Å²) in [5, 5.41) is 0. The molecule has 0 atom stereocenters. The molecule has 1 aromatic carbocycles. The summed E-state index contributed by atoms with van der Waals surface area (Å²) in [6.07, 6.45) is 4.37. The van der Waals surface area contributed by atoms with E-state index in [2.05, 4.69) is 4.98 Å². The molecular formula is C20H27NO3. The van der Waals surface area contributed by atoms with Gasteiger partial charge in [-0.25, -0.2) is 4.98 Å². The van der Waals surface area contributed by atoms with Crippen molar-refractivity contribution in [1.29, 1.82) is 0 Å². The predicted octanol–water partition coefficient (Wildman–Crippen LogP) is 4.76. The molecule has 1 aromatic heterocycles. The molecule has 0 spiro atoms. The molecule has 0 bridgehead atoms. The highest BCUT2D eigenvalue weighted by molar-refractivity contribution is 5.53. The second-order valence-corrected chi connectivity index (χ2v) is 7.02. The molecule has 4 heteroatoms. The minimum absolute atomic E-state index is 0.415. The lowest BCUT2D eigenvalue weighted by atomic mass is 10.0. The highest BCUT2D eigenvalue weighted by atomic mass is 16.7. The van der Waals surface area contributed by atoms with Crippen molar-refractivity contribution in [1.82, 2.24) is 4.98 Å². The van der Waals surface area contributed by atoms with E-state index in [1.54, 1.807) is 0 Å². The average molecular weight is 329 g/mol. The van der Waals surface area contributed by atoms with E-state index in [0.29, 0.717) is 5.92 Å². The lowest BCUT2D eigenvalue weighted by molar-refractivity contribution is -0.262. The summed E-state index contributed by atoms with van der Waals surface area (Å²) in [7, 11) is 0. The van der Waals surface area contributed by atoms with E-state index >= 15 is 0 Å². The van der Waals surface area contributed by atoms with Crippen LogP contribution in [0.15, 0.2) is 34.7 Å². The molecule has 3 rings (SSSR count). The minimum Gasteiger partial charge on any atom is -0.441 e. The Bertz CT molecular complexity index is 638. The first-order chi connectivity index (χ1) is 11.5. The van der Waals surface area contributed by atoms with Gasteiger partial charge in [-0.05, 0) is 52.2 Å². The van der Waals surface area contributed by atoms with Crippen LogP contribution in [0.1, 0.15) is 44.6 Å². The molecule has 0 radical (unpaired) electrons. The molecule has 1 aliphatic heterocycles. The maximum Gasteiger partial charge on any atom is 0.226 e. The Morgan fingerprint density at radius 2 is 1.79 bits per heavy atom. The Kier molecular flexibility index (Phi) is 5.36. The van der Waals surface area contributed by atoms with Gasteiger partial charge in [-0.15, -0.1) is 0 Å². The van der Waals surface area contributed by atoms with Crippen molar-refractivity contribution in [2.75, 3.05) is 13.2 Å². The summed E-state index contributed by atoms with van der Waals surface area (Å²) in [6, 6.07) is 10.1. The molecule has 4 nitrogen and oxygen atoms in total. The van der Waals surface area contributed by atoms with Crippen molar-refractivity contribution in [2.24, 2.45) is 5.92 Å². The Hall–Kier alpha value is -1.65. The molecule has 2 aromatic rings. The number of benzene rings is 1. The maximum atomic E-state index is 5.82. The van der Waals surface area contributed by atoms with Crippen LogP contribution in [-0.4, -0.2) is 24.0 Å². The summed E-state index contributed by atoms with van der Waals surface area (Å²) >= 11 is 0. The Morgan fingerprint density at radius 1 is 1.08 bits per heavy atom. The van der Waals surface area contributed by atoms with Gasteiger partial charge in [-0.1, -0.05) is 24.6 Å². The van der Waals surface area contributed by atoms with Gasteiger partial charge in [0.1, 0.15) is 5.76 Å².